The maximum Gasteiger partial charge on any atom is 0.0123 e. The van der Waals surface area contributed by atoms with Gasteiger partial charge in [0, 0.05) is 12.6 Å². The molecule has 0 amide bonds. The topological polar surface area (TPSA) is 15.3 Å². The summed E-state index contributed by atoms with van der Waals surface area (Å²) in [4.78, 5) is 2.81. The van der Waals surface area contributed by atoms with E-state index in [1.165, 1.54) is 51.7 Å². The third-order valence-corrected chi connectivity index (χ3v) is 5.18. The molecule has 2 heteroatoms. The van der Waals surface area contributed by atoms with Crippen LogP contribution in [0, 0.1) is 17.8 Å². The highest BCUT2D eigenvalue weighted by Crippen LogP contribution is 2.34. The number of nitrogens with one attached hydrogen (secondary N) is 1. The average Bonchev–Trinajstić information content (AvgIpc) is 2.33. The van der Waals surface area contributed by atoms with Crippen molar-refractivity contribution >= 4 is 0 Å². The second kappa shape index (κ2) is 6.19. The standard InChI is InChI=1S/C15H30N2/c1-12-6-4-8-15(13(12)2)17-9-5-7-14(11-17)10-16-3/h12-16H,4-11H2,1-3H3. The van der Waals surface area contributed by atoms with Gasteiger partial charge in [-0.1, -0.05) is 26.7 Å². The molecule has 1 saturated carbocycles. The van der Waals surface area contributed by atoms with E-state index < -0.39 is 0 Å². The van der Waals surface area contributed by atoms with Gasteiger partial charge in [0.2, 0.25) is 0 Å². The molecule has 0 aromatic heterocycles. The van der Waals surface area contributed by atoms with Crippen LogP contribution < -0.4 is 5.32 Å². The molecular formula is C15H30N2. The Balaban J connectivity index is 1.91. The fourth-order valence-corrected chi connectivity index (χ4v) is 3.92. The number of nitrogens with zero attached hydrogens (tertiary/aromatic N) is 1. The maximum atomic E-state index is 3.35. The maximum absolute atomic E-state index is 3.35. The van der Waals surface area contributed by atoms with Gasteiger partial charge in [-0.25, -0.2) is 0 Å². The molecule has 0 aromatic rings. The largest absolute Gasteiger partial charge is 0.319 e. The Morgan fingerprint density at radius 1 is 1.12 bits per heavy atom. The number of piperidine rings is 1. The van der Waals surface area contributed by atoms with Crippen LogP contribution in [-0.2, 0) is 0 Å². The van der Waals surface area contributed by atoms with Gasteiger partial charge in [-0.15, -0.1) is 0 Å². The van der Waals surface area contributed by atoms with Crippen molar-refractivity contribution in [1.29, 1.82) is 0 Å². The molecule has 2 nitrogen and oxygen atoms in total. The fourth-order valence-electron chi connectivity index (χ4n) is 3.92. The lowest BCUT2D eigenvalue weighted by molar-refractivity contribution is 0.0467. The van der Waals surface area contributed by atoms with Crippen molar-refractivity contribution in [1.82, 2.24) is 10.2 Å². The predicted octanol–water partition coefficient (Wildman–Crippen LogP) is 2.74. The Bertz CT molecular complexity index is 227. The molecule has 0 spiro atoms. The lowest BCUT2D eigenvalue weighted by Gasteiger charge is -2.45. The van der Waals surface area contributed by atoms with Gasteiger partial charge >= 0.3 is 0 Å². The Morgan fingerprint density at radius 3 is 2.71 bits per heavy atom. The first-order valence-electron chi connectivity index (χ1n) is 7.61. The first-order valence-corrected chi connectivity index (χ1v) is 7.61. The van der Waals surface area contributed by atoms with E-state index in [1.807, 2.05) is 0 Å². The van der Waals surface area contributed by atoms with E-state index in [0.29, 0.717) is 0 Å². The Hall–Kier alpha value is -0.0800. The zero-order valence-corrected chi connectivity index (χ0v) is 11.9. The third-order valence-electron chi connectivity index (χ3n) is 5.18. The summed E-state index contributed by atoms with van der Waals surface area (Å²) >= 11 is 0. The average molecular weight is 238 g/mol. The quantitative estimate of drug-likeness (QED) is 0.813. The summed E-state index contributed by atoms with van der Waals surface area (Å²) in [5.41, 5.74) is 0. The van der Waals surface area contributed by atoms with E-state index in [2.05, 4.69) is 31.1 Å². The van der Waals surface area contributed by atoms with Gasteiger partial charge in [-0.05, 0) is 57.2 Å². The third kappa shape index (κ3) is 3.23. The van der Waals surface area contributed by atoms with Crippen molar-refractivity contribution in [2.45, 2.75) is 52.0 Å². The monoisotopic (exact) mass is 238 g/mol. The second-order valence-electron chi connectivity index (χ2n) is 6.40. The van der Waals surface area contributed by atoms with E-state index in [1.54, 1.807) is 0 Å². The van der Waals surface area contributed by atoms with Crippen molar-refractivity contribution in [3.8, 4) is 0 Å². The first-order chi connectivity index (χ1) is 8.22. The van der Waals surface area contributed by atoms with Crippen LogP contribution in [0.15, 0.2) is 0 Å². The zero-order valence-electron chi connectivity index (χ0n) is 11.9. The van der Waals surface area contributed by atoms with Crippen LogP contribution in [-0.4, -0.2) is 37.6 Å². The number of hydrogen-bond donors (Lipinski definition) is 1. The van der Waals surface area contributed by atoms with Crippen molar-refractivity contribution in [3.63, 3.8) is 0 Å². The molecule has 100 valence electrons. The van der Waals surface area contributed by atoms with Crippen molar-refractivity contribution in [2.24, 2.45) is 17.8 Å². The molecular weight excluding hydrogens is 208 g/mol. The smallest absolute Gasteiger partial charge is 0.0123 e. The minimum atomic E-state index is 0.874. The van der Waals surface area contributed by atoms with Gasteiger partial charge in [0.25, 0.3) is 0 Å². The van der Waals surface area contributed by atoms with E-state index in [-0.39, 0.29) is 0 Å². The minimum Gasteiger partial charge on any atom is -0.319 e. The predicted molar refractivity (Wildman–Crippen MR) is 74.2 cm³/mol. The Morgan fingerprint density at radius 2 is 1.94 bits per heavy atom. The lowest BCUT2D eigenvalue weighted by Crippen LogP contribution is -2.49. The SMILES string of the molecule is CNCC1CCCN(C2CCCC(C)C2C)C1. The summed E-state index contributed by atoms with van der Waals surface area (Å²) in [5.74, 6) is 2.72. The van der Waals surface area contributed by atoms with E-state index in [0.717, 1.165) is 23.8 Å². The molecule has 0 radical (unpaired) electrons. The Kier molecular flexibility index (Phi) is 4.87. The highest BCUT2D eigenvalue weighted by atomic mass is 15.2. The van der Waals surface area contributed by atoms with Gasteiger partial charge in [0.15, 0.2) is 0 Å². The van der Waals surface area contributed by atoms with E-state index >= 15 is 0 Å². The highest BCUT2D eigenvalue weighted by molar-refractivity contribution is 4.87. The van der Waals surface area contributed by atoms with Crippen LogP contribution in [0.25, 0.3) is 0 Å². The molecule has 0 bridgehead atoms. The molecule has 0 aromatic carbocycles. The molecule has 2 rings (SSSR count). The molecule has 17 heavy (non-hydrogen) atoms. The number of likely N-dealkylation sites (tertiary alicyclic amines) is 1. The van der Waals surface area contributed by atoms with E-state index in [4.69, 9.17) is 0 Å². The summed E-state index contributed by atoms with van der Waals surface area (Å²) in [7, 11) is 2.09. The molecule has 4 unspecified atom stereocenters. The van der Waals surface area contributed by atoms with Crippen LogP contribution in [0.3, 0.4) is 0 Å². The van der Waals surface area contributed by atoms with Gasteiger partial charge in [0.05, 0.1) is 0 Å². The summed E-state index contributed by atoms with van der Waals surface area (Å²) in [6.07, 6.45) is 7.17. The molecule has 1 aliphatic carbocycles. The van der Waals surface area contributed by atoms with Crippen LogP contribution in [0.5, 0.6) is 0 Å². The normalized spacial score (nSPS) is 40.4. The second-order valence-corrected chi connectivity index (χ2v) is 6.40. The van der Waals surface area contributed by atoms with Gasteiger partial charge in [-0.2, -0.15) is 0 Å². The summed E-state index contributed by atoms with van der Waals surface area (Å²) in [6, 6.07) is 0.874. The summed E-state index contributed by atoms with van der Waals surface area (Å²) in [6.45, 7) is 8.82. The van der Waals surface area contributed by atoms with Crippen LogP contribution in [0.4, 0.5) is 0 Å². The van der Waals surface area contributed by atoms with Crippen molar-refractivity contribution in [3.05, 3.63) is 0 Å². The first kappa shape index (κ1) is 13.4. The molecule has 1 N–H and O–H groups in total. The lowest BCUT2D eigenvalue weighted by atomic mass is 9.76. The molecule has 4 atom stereocenters. The molecule has 1 saturated heterocycles. The molecule has 2 aliphatic rings. The van der Waals surface area contributed by atoms with Crippen molar-refractivity contribution in [2.75, 3.05) is 26.7 Å². The van der Waals surface area contributed by atoms with Crippen LogP contribution >= 0.6 is 0 Å². The summed E-state index contributed by atoms with van der Waals surface area (Å²) < 4.78 is 0. The molecule has 1 heterocycles. The van der Waals surface area contributed by atoms with Crippen molar-refractivity contribution < 1.29 is 0 Å². The number of hydrogen-bond acceptors (Lipinski definition) is 2. The molecule has 1 aliphatic heterocycles. The zero-order chi connectivity index (χ0) is 12.3. The van der Waals surface area contributed by atoms with E-state index in [9.17, 15) is 0 Å². The summed E-state index contributed by atoms with van der Waals surface area (Å²) in [5, 5.41) is 3.35. The highest BCUT2D eigenvalue weighted by Gasteiger charge is 2.33. The van der Waals surface area contributed by atoms with Gasteiger partial charge < -0.3 is 5.32 Å². The van der Waals surface area contributed by atoms with Gasteiger partial charge in [0.1, 0.15) is 0 Å². The fraction of sp³-hybridized carbons (Fsp3) is 1.00. The minimum absolute atomic E-state index is 0.874. The van der Waals surface area contributed by atoms with Crippen LogP contribution in [0.2, 0.25) is 0 Å². The Labute approximate surface area is 107 Å². The van der Waals surface area contributed by atoms with Crippen LogP contribution in [0.1, 0.15) is 46.0 Å². The number of rotatable bonds is 3. The molecule has 2 fully saturated rings. The van der Waals surface area contributed by atoms with Gasteiger partial charge in [-0.3, -0.25) is 4.90 Å².